The maximum absolute atomic E-state index is 13.2. The van der Waals surface area contributed by atoms with Crippen LogP contribution >= 0.6 is 8.18 Å². The predicted molar refractivity (Wildman–Crippen MR) is 102 cm³/mol. The van der Waals surface area contributed by atoms with Gasteiger partial charge in [0.1, 0.15) is 5.75 Å². The molecule has 7 heteroatoms. The van der Waals surface area contributed by atoms with Gasteiger partial charge in [-0.2, -0.15) is 4.08 Å². The Labute approximate surface area is 152 Å². The fourth-order valence-corrected chi connectivity index (χ4v) is 6.10. The molecule has 26 heavy (non-hydrogen) atoms. The van der Waals surface area contributed by atoms with Crippen molar-refractivity contribution in [2.24, 2.45) is 0 Å². The van der Waals surface area contributed by atoms with Gasteiger partial charge in [-0.1, -0.05) is 54.1 Å². The van der Waals surface area contributed by atoms with Crippen LogP contribution in [-0.2, 0) is 14.6 Å². The van der Waals surface area contributed by atoms with Gasteiger partial charge >= 0.3 is 8.18 Å². The summed E-state index contributed by atoms with van der Waals surface area (Å²) in [4.78, 5) is 0.0748. The average Bonchev–Trinajstić information content (AvgIpc) is 2.75. The molecule has 0 saturated carbocycles. The number of benzene rings is 3. The number of anilines is 1. The minimum Gasteiger partial charge on any atom is -0.429 e. The molecular formula is C19H16NO4PS. The SMILES string of the molecule is Cc1ccc(S(=O)(=O)N2c3ccccc3-c3ccccc3O[PH]2=O)cc1. The Balaban J connectivity index is 1.95. The fraction of sp³-hybridized carbons (Fsp3) is 0.0526. The number of para-hydroxylation sites is 2. The van der Waals surface area contributed by atoms with Crippen LogP contribution in [0.5, 0.6) is 5.75 Å². The molecule has 3 aromatic carbocycles. The zero-order valence-corrected chi connectivity index (χ0v) is 15.7. The van der Waals surface area contributed by atoms with Crippen molar-refractivity contribution >= 4 is 23.9 Å². The van der Waals surface area contributed by atoms with Gasteiger partial charge < -0.3 is 4.52 Å². The van der Waals surface area contributed by atoms with Gasteiger partial charge in [-0.15, -0.1) is 0 Å². The lowest BCUT2D eigenvalue weighted by molar-refractivity contribution is 0.507. The number of aryl methyl sites for hydroxylation is 1. The minimum absolute atomic E-state index is 0.0748. The first kappa shape index (κ1) is 16.9. The summed E-state index contributed by atoms with van der Waals surface area (Å²) in [5.74, 6) is 0.408. The molecule has 0 aromatic heterocycles. The first-order valence-electron chi connectivity index (χ1n) is 8.01. The van der Waals surface area contributed by atoms with Crippen molar-refractivity contribution in [3.05, 3.63) is 78.4 Å². The van der Waals surface area contributed by atoms with Crippen LogP contribution < -0.4 is 8.60 Å². The number of fused-ring (bicyclic) bond motifs is 3. The van der Waals surface area contributed by atoms with E-state index in [2.05, 4.69) is 0 Å². The fourth-order valence-electron chi connectivity index (χ4n) is 2.93. The molecule has 0 fully saturated rings. The highest BCUT2D eigenvalue weighted by Gasteiger charge is 2.35. The third kappa shape index (κ3) is 2.71. The molecule has 1 aliphatic rings. The van der Waals surface area contributed by atoms with Crippen LogP contribution in [0.2, 0.25) is 0 Å². The van der Waals surface area contributed by atoms with E-state index in [9.17, 15) is 13.0 Å². The van der Waals surface area contributed by atoms with Gasteiger partial charge in [0.25, 0.3) is 10.0 Å². The van der Waals surface area contributed by atoms with Crippen LogP contribution in [0.15, 0.2) is 77.7 Å². The van der Waals surface area contributed by atoms with E-state index in [-0.39, 0.29) is 4.90 Å². The Kier molecular flexibility index (Phi) is 4.10. The lowest BCUT2D eigenvalue weighted by atomic mass is 10.0. The summed E-state index contributed by atoms with van der Waals surface area (Å²) >= 11 is 0. The first-order valence-corrected chi connectivity index (χ1v) is 10.7. The van der Waals surface area contributed by atoms with Crippen LogP contribution in [-0.4, -0.2) is 8.42 Å². The summed E-state index contributed by atoms with van der Waals surface area (Å²) < 4.78 is 45.9. The first-order chi connectivity index (χ1) is 12.5. The lowest BCUT2D eigenvalue weighted by Gasteiger charge is -2.22. The van der Waals surface area contributed by atoms with Gasteiger partial charge in [0.05, 0.1) is 10.6 Å². The predicted octanol–water partition coefficient (Wildman–Crippen LogP) is 4.64. The molecule has 1 atom stereocenters. The molecule has 0 bridgehead atoms. The maximum Gasteiger partial charge on any atom is 0.346 e. The van der Waals surface area contributed by atoms with E-state index in [1.807, 2.05) is 25.1 Å². The number of rotatable bonds is 2. The molecule has 1 unspecified atom stereocenters. The van der Waals surface area contributed by atoms with Crippen molar-refractivity contribution in [2.45, 2.75) is 11.8 Å². The Morgan fingerprint density at radius 2 is 1.46 bits per heavy atom. The molecule has 1 aliphatic heterocycles. The number of sulfonamides is 1. The molecule has 4 rings (SSSR count). The Hall–Kier alpha value is -2.56. The Morgan fingerprint density at radius 3 is 2.19 bits per heavy atom. The number of hydrogen-bond donors (Lipinski definition) is 0. The second kappa shape index (κ2) is 6.31. The normalized spacial score (nSPS) is 16.2. The third-order valence-electron chi connectivity index (χ3n) is 4.22. The van der Waals surface area contributed by atoms with E-state index in [4.69, 9.17) is 4.52 Å². The monoisotopic (exact) mass is 385 g/mol. The van der Waals surface area contributed by atoms with Gasteiger partial charge in [-0.25, -0.2) is 8.42 Å². The van der Waals surface area contributed by atoms with Crippen molar-refractivity contribution < 1.29 is 17.5 Å². The van der Waals surface area contributed by atoms with Gasteiger partial charge in [-0.05, 0) is 31.2 Å². The largest absolute Gasteiger partial charge is 0.429 e. The van der Waals surface area contributed by atoms with E-state index in [0.717, 1.165) is 9.64 Å². The third-order valence-corrected chi connectivity index (χ3v) is 7.90. The topological polar surface area (TPSA) is 63.7 Å². The minimum atomic E-state index is -4.04. The van der Waals surface area contributed by atoms with Crippen LogP contribution in [0.4, 0.5) is 5.69 Å². The number of nitrogens with zero attached hydrogens (tertiary/aromatic N) is 1. The van der Waals surface area contributed by atoms with Crippen molar-refractivity contribution in [3.63, 3.8) is 0 Å². The highest BCUT2D eigenvalue weighted by molar-refractivity contribution is 7.98. The average molecular weight is 385 g/mol. The second-order valence-electron chi connectivity index (χ2n) is 5.96. The molecule has 0 N–H and O–H groups in total. The Bertz CT molecular complexity index is 1110. The second-order valence-corrected chi connectivity index (χ2v) is 9.26. The van der Waals surface area contributed by atoms with Gasteiger partial charge in [0, 0.05) is 11.1 Å². The number of hydrogen-bond acceptors (Lipinski definition) is 4. The van der Waals surface area contributed by atoms with Crippen LogP contribution in [0.1, 0.15) is 5.56 Å². The van der Waals surface area contributed by atoms with Gasteiger partial charge in [0.15, 0.2) is 0 Å². The molecule has 1 heterocycles. The van der Waals surface area contributed by atoms with Crippen molar-refractivity contribution in [1.82, 2.24) is 0 Å². The van der Waals surface area contributed by atoms with Crippen LogP contribution in [0, 0.1) is 6.92 Å². The highest BCUT2D eigenvalue weighted by atomic mass is 32.2. The van der Waals surface area contributed by atoms with Crippen LogP contribution in [0.3, 0.4) is 0 Å². The molecule has 5 nitrogen and oxygen atoms in total. The quantitative estimate of drug-likeness (QED) is 0.603. The van der Waals surface area contributed by atoms with Crippen molar-refractivity contribution in [1.29, 1.82) is 0 Å². The smallest absolute Gasteiger partial charge is 0.346 e. The summed E-state index contributed by atoms with van der Waals surface area (Å²) in [7, 11) is -7.15. The van der Waals surface area contributed by atoms with E-state index in [1.165, 1.54) is 12.1 Å². The van der Waals surface area contributed by atoms with Gasteiger partial charge in [0.2, 0.25) is 0 Å². The van der Waals surface area contributed by atoms with Crippen LogP contribution in [0.25, 0.3) is 11.1 Å². The maximum atomic E-state index is 13.2. The van der Waals surface area contributed by atoms with E-state index < -0.39 is 18.2 Å². The van der Waals surface area contributed by atoms with E-state index in [1.54, 1.807) is 42.5 Å². The summed E-state index contributed by atoms with van der Waals surface area (Å²) in [6.07, 6.45) is 0. The lowest BCUT2D eigenvalue weighted by Crippen LogP contribution is -2.25. The molecule has 132 valence electrons. The van der Waals surface area contributed by atoms with E-state index in [0.29, 0.717) is 22.6 Å². The summed E-state index contributed by atoms with van der Waals surface area (Å²) in [5.41, 5.74) is 2.66. The molecule has 3 aromatic rings. The molecular weight excluding hydrogens is 369 g/mol. The zero-order chi connectivity index (χ0) is 18.3. The van der Waals surface area contributed by atoms with Crippen molar-refractivity contribution in [3.8, 4) is 16.9 Å². The molecule has 0 amide bonds. The Morgan fingerprint density at radius 1 is 0.846 bits per heavy atom. The molecule has 0 saturated heterocycles. The highest BCUT2D eigenvalue weighted by Crippen LogP contribution is 2.50. The molecule has 0 radical (unpaired) electrons. The summed E-state index contributed by atoms with van der Waals surface area (Å²) in [6, 6.07) is 20.6. The standard InChI is InChI=1S/C19H16NO4PS/c1-14-10-12-15(13-11-14)26(22,23)20-18-8-4-2-6-16(18)17-7-3-5-9-19(17)24-25(20)21/h2-13,25H,1H3. The summed E-state index contributed by atoms with van der Waals surface area (Å²) in [6.45, 7) is 1.88. The molecule has 0 aliphatic carbocycles. The summed E-state index contributed by atoms with van der Waals surface area (Å²) in [5, 5.41) is 0. The van der Waals surface area contributed by atoms with E-state index >= 15 is 0 Å². The zero-order valence-electron chi connectivity index (χ0n) is 13.9. The molecule has 0 spiro atoms. The van der Waals surface area contributed by atoms with Crippen molar-refractivity contribution in [2.75, 3.05) is 4.08 Å². The van der Waals surface area contributed by atoms with Gasteiger partial charge in [-0.3, -0.25) is 4.57 Å².